The molecule has 3 nitrogen and oxygen atoms in total. The van der Waals surface area contributed by atoms with E-state index in [2.05, 4.69) is 4.98 Å². The first kappa shape index (κ1) is 12.4. The molecule has 0 aliphatic rings. The van der Waals surface area contributed by atoms with Crippen molar-refractivity contribution >= 4 is 16.7 Å². The van der Waals surface area contributed by atoms with Gasteiger partial charge in [-0.3, -0.25) is 4.98 Å². The number of carboxylic acid groups (broad SMARTS) is 1. The van der Waals surface area contributed by atoms with Crippen molar-refractivity contribution in [3.8, 4) is 11.1 Å². The van der Waals surface area contributed by atoms with Gasteiger partial charge in [-0.1, -0.05) is 30.3 Å². The summed E-state index contributed by atoms with van der Waals surface area (Å²) in [5.41, 5.74) is 3.24. The van der Waals surface area contributed by atoms with Crippen molar-refractivity contribution in [2.45, 2.75) is 6.92 Å². The van der Waals surface area contributed by atoms with Crippen LogP contribution < -0.4 is 0 Å². The van der Waals surface area contributed by atoms with Crippen LogP contribution in [0.25, 0.3) is 21.9 Å². The van der Waals surface area contributed by atoms with Crippen LogP contribution in [0.2, 0.25) is 0 Å². The van der Waals surface area contributed by atoms with Crippen molar-refractivity contribution in [1.82, 2.24) is 4.98 Å². The normalized spacial score (nSPS) is 10.7. The van der Waals surface area contributed by atoms with E-state index in [1.165, 1.54) is 0 Å². The first-order valence-corrected chi connectivity index (χ1v) is 6.34. The van der Waals surface area contributed by atoms with E-state index in [1.807, 2.05) is 49.5 Å². The molecule has 0 atom stereocenters. The molecule has 0 amide bonds. The molecule has 0 saturated heterocycles. The van der Waals surface area contributed by atoms with Crippen LogP contribution in [0.3, 0.4) is 0 Å². The molecule has 0 saturated carbocycles. The minimum absolute atomic E-state index is 0.296. The van der Waals surface area contributed by atoms with Gasteiger partial charge in [-0.2, -0.15) is 0 Å². The van der Waals surface area contributed by atoms with Crippen LogP contribution in [0.4, 0.5) is 0 Å². The van der Waals surface area contributed by atoms with E-state index >= 15 is 0 Å². The third kappa shape index (κ3) is 2.14. The monoisotopic (exact) mass is 263 g/mol. The van der Waals surface area contributed by atoms with Gasteiger partial charge in [-0.05, 0) is 41.5 Å². The molecule has 20 heavy (non-hydrogen) atoms. The van der Waals surface area contributed by atoms with Crippen LogP contribution in [-0.2, 0) is 0 Å². The molecule has 1 N–H and O–H groups in total. The van der Waals surface area contributed by atoms with E-state index in [9.17, 15) is 4.79 Å². The molecular formula is C17H13NO2. The number of nitrogens with zero attached hydrogens (tertiary/aromatic N) is 1. The topological polar surface area (TPSA) is 50.2 Å². The summed E-state index contributed by atoms with van der Waals surface area (Å²) in [6.45, 7) is 1.94. The van der Waals surface area contributed by atoms with Gasteiger partial charge in [0.05, 0.1) is 5.56 Å². The molecule has 0 fully saturated rings. The van der Waals surface area contributed by atoms with Crippen molar-refractivity contribution in [2.75, 3.05) is 0 Å². The average Bonchev–Trinajstić information content (AvgIpc) is 2.47. The van der Waals surface area contributed by atoms with Gasteiger partial charge in [0.25, 0.3) is 0 Å². The van der Waals surface area contributed by atoms with E-state index in [0.717, 1.165) is 27.6 Å². The second-order valence-corrected chi connectivity index (χ2v) is 4.73. The maximum atomic E-state index is 11.1. The van der Waals surface area contributed by atoms with E-state index < -0.39 is 5.97 Å². The average molecular weight is 263 g/mol. The molecule has 1 heterocycles. The highest BCUT2D eigenvalue weighted by Crippen LogP contribution is 2.29. The van der Waals surface area contributed by atoms with Gasteiger partial charge < -0.3 is 5.11 Å². The number of carboxylic acids is 1. The van der Waals surface area contributed by atoms with Crippen LogP contribution in [0.15, 0.2) is 54.7 Å². The smallest absolute Gasteiger partial charge is 0.335 e. The highest BCUT2D eigenvalue weighted by molar-refractivity contribution is 6.01. The summed E-state index contributed by atoms with van der Waals surface area (Å²) in [5, 5.41) is 11.1. The summed E-state index contributed by atoms with van der Waals surface area (Å²) >= 11 is 0. The molecule has 2 aromatic carbocycles. The number of rotatable bonds is 2. The maximum Gasteiger partial charge on any atom is 0.335 e. The molecule has 0 aliphatic heterocycles. The fourth-order valence-corrected chi connectivity index (χ4v) is 2.28. The second kappa shape index (κ2) is 4.78. The number of hydrogen-bond donors (Lipinski definition) is 1. The van der Waals surface area contributed by atoms with Crippen LogP contribution in [0.1, 0.15) is 16.1 Å². The second-order valence-electron chi connectivity index (χ2n) is 4.73. The number of aromatic carboxylic acids is 1. The number of aryl methyl sites for hydroxylation is 1. The van der Waals surface area contributed by atoms with Gasteiger partial charge in [0, 0.05) is 17.5 Å². The predicted octanol–water partition coefficient (Wildman–Crippen LogP) is 3.91. The molecule has 3 heteroatoms. The molecule has 0 radical (unpaired) electrons. The summed E-state index contributed by atoms with van der Waals surface area (Å²) in [6, 6.07) is 15.1. The van der Waals surface area contributed by atoms with Crippen LogP contribution in [0.5, 0.6) is 0 Å². The van der Waals surface area contributed by atoms with Crippen molar-refractivity contribution in [3.05, 3.63) is 66.0 Å². The Morgan fingerprint density at radius 3 is 2.65 bits per heavy atom. The van der Waals surface area contributed by atoms with Crippen molar-refractivity contribution in [1.29, 1.82) is 0 Å². The Balaban J connectivity index is 2.26. The predicted molar refractivity (Wildman–Crippen MR) is 78.9 cm³/mol. The quantitative estimate of drug-likeness (QED) is 0.762. The fraction of sp³-hybridized carbons (Fsp3) is 0.0588. The first-order valence-electron chi connectivity index (χ1n) is 6.34. The molecule has 1 aromatic heterocycles. The summed E-state index contributed by atoms with van der Waals surface area (Å²) in [5.74, 6) is -0.913. The zero-order valence-corrected chi connectivity index (χ0v) is 11.0. The fourth-order valence-electron chi connectivity index (χ4n) is 2.28. The van der Waals surface area contributed by atoms with Crippen LogP contribution >= 0.6 is 0 Å². The van der Waals surface area contributed by atoms with Gasteiger partial charge in [-0.25, -0.2) is 4.79 Å². The first-order chi connectivity index (χ1) is 9.65. The summed E-state index contributed by atoms with van der Waals surface area (Å²) in [7, 11) is 0. The zero-order chi connectivity index (χ0) is 14.1. The Bertz CT molecular complexity index is 792. The van der Waals surface area contributed by atoms with Crippen LogP contribution in [0, 0.1) is 6.92 Å². The molecule has 0 spiro atoms. The van der Waals surface area contributed by atoms with Crippen molar-refractivity contribution in [3.63, 3.8) is 0 Å². The van der Waals surface area contributed by atoms with Gasteiger partial charge in [0.2, 0.25) is 0 Å². The number of carbonyl (C=O) groups is 1. The SMILES string of the molecule is Cc1ccc(-c2cccc3ccc(C(=O)O)cc23)cn1. The Morgan fingerprint density at radius 1 is 1.10 bits per heavy atom. The standard InChI is InChI=1S/C17H13NO2/c1-11-5-6-14(10-18-11)15-4-2-3-12-7-8-13(17(19)20)9-16(12)15/h2-10H,1H3,(H,19,20). The number of pyridine rings is 1. The van der Waals surface area contributed by atoms with Gasteiger partial charge in [0.1, 0.15) is 0 Å². The van der Waals surface area contributed by atoms with Gasteiger partial charge in [-0.15, -0.1) is 0 Å². The highest BCUT2D eigenvalue weighted by atomic mass is 16.4. The Kier molecular flexibility index (Phi) is 2.95. The van der Waals surface area contributed by atoms with Gasteiger partial charge in [0.15, 0.2) is 0 Å². The lowest BCUT2D eigenvalue weighted by atomic mass is 9.97. The maximum absolute atomic E-state index is 11.1. The lowest BCUT2D eigenvalue weighted by molar-refractivity contribution is 0.0697. The minimum Gasteiger partial charge on any atom is -0.478 e. The third-order valence-corrected chi connectivity index (χ3v) is 3.35. The summed E-state index contributed by atoms with van der Waals surface area (Å²) < 4.78 is 0. The minimum atomic E-state index is -0.913. The molecule has 98 valence electrons. The number of aromatic nitrogens is 1. The van der Waals surface area contributed by atoms with E-state index in [4.69, 9.17) is 5.11 Å². The molecular weight excluding hydrogens is 250 g/mol. The molecule has 0 unspecified atom stereocenters. The molecule has 0 aliphatic carbocycles. The zero-order valence-electron chi connectivity index (χ0n) is 11.0. The van der Waals surface area contributed by atoms with E-state index in [1.54, 1.807) is 12.1 Å². The molecule has 3 rings (SSSR count). The third-order valence-electron chi connectivity index (χ3n) is 3.35. The number of fused-ring (bicyclic) bond motifs is 1. The lowest BCUT2D eigenvalue weighted by Crippen LogP contribution is -1.95. The molecule has 0 bridgehead atoms. The highest BCUT2D eigenvalue weighted by Gasteiger charge is 2.08. The Labute approximate surface area is 116 Å². The van der Waals surface area contributed by atoms with Gasteiger partial charge >= 0.3 is 5.97 Å². The largest absolute Gasteiger partial charge is 0.478 e. The Morgan fingerprint density at radius 2 is 1.95 bits per heavy atom. The summed E-state index contributed by atoms with van der Waals surface area (Å²) in [4.78, 5) is 15.4. The van der Waals surface area contributed by atoms with Crippen molar-refractivity contribution < 1.29 is 9.90 Å². The van der Waals surface area contributed by atoms with Crippen LogP contribution in [-0.4, -0.2) is 16.1 Å². The molecule has 3 aromatic rings. The van der Waals surface area contributed by atoms with E-state index in [-0.39, 0.29) is 0 Å². The Hall–Kier alpha value is -2.68. The van der Waals surface area contributed by atoms with E-state index in [0.29, 0.717) is 5.56 Å². The number of benzene rings is 2. The van der Waals surface area contributed by atoms with Crippen molar-refractivity contribution in [2.24, 2.45) is 0 Å². The number of hydrogen-bond acceptors (Lipinski definition) is 2. The summed E-state index contributed by atoms with van der Waals surface area (Å²) in [6.07, 6.45) is 1.82. The lowest BCUT2D eigenvalue weighted by Gasteiger charge is -2.08.